The predicted octanol–water partition coefficient (Wildman–Crippen LogP) is 1.74. The summed E-state index contributed by atoms with van der Waals surface area (Å²) in [5, 5.41) is 8.60. The Morgan fingerprint density at radius 1 is 1.23 bits per heavy atom. The van der Waals surface area contributed by atoms with Gasteiger partial charge in [0.2, 0.25) is 0 Å². The Balaban J connectivity index is 1.80. The van der Waals surface area contributed by atoms with Gasteiger partial charge in [-0.2, -0.15) is 5.26 Å². The van der Waals surface area contributed by atoms with E-state index in [1.807, 2.05) is 36.9 Å². The van der Waals surface area contributed by atoms with Crippen LogP contribution in [0, 0.1) is 25.2 Å². The van der Waals surface area contributed by atoms with Gasteiger partial charge in [0.1, 0.15) is 5.75 Å². The number of aryl methyl sites for hydroxylation is 2. The van der Waals surface area contributed by atoms with E-state index in [4.69, 9.17) is 10.00 Å². The van der Waals surface area contributed by atoms with Crippen LogP contribution in [0.3, 0.4) is 0 Å². The summed E-state index contributed by atoms with van der Waals surface area (Å²) >= 11 is 0. The number of carbonyl (C=O) groups excluding carboxylic acids is 1. The summed E-state index contributed by atoms with van der Waals surface area (Å²) in [5.41, 5.74) is 2.10. The fraction of sp³-hybridized carbons (Fsp3) is 0.529. The second-order valence-corrected chi connectivity index (χ2v) is 5.64. The van der Waals surface area contributed by atoms with Gasteiger partial charge in [-0.05, 0) is 25.0 Å². The Kier molecular flexibility index (Phi) is 5.79. The maximum absolute atomic E-state index is 12.2. The molecule has 0 saturated carbocycles. The molecular weight excluding hydrogens is 278 g/mol. The summed E-state index contributed by atoms with van der Waals surface area (Å²) in [4.78, 5) is 16.3. The zero-order chi connectivity index (χ0) is 15.9. The summed E-state index contributed by atoms with van der Waals surface area (Å²) in [6, 6.07) is 8.12. The molecule has 2 rings (SSSR count). The summed E-state index contributed by atoms with van der Waals surface area (Å²) < 4.78 is 5.73. The number of hydrogen-bond donors (Lipinski definition) is 0. The van der Waals surface area contributed by atoms with Crippen LogP contribution >= 0.6 is 0 Å². The Morgan fingerprint density at radius 2 is 1.86 bits per heavy atom. The van der Waals surface area contributed by atoms with Crippen molar-refractivity contribution in [1.29, 1.82) is 5.26 Å². The highest BCUT2D eigenvalue weighted by Gasteiger charge is 2.21. The zero-order valence-electron chi connectivity index (χ0n) is 13.3. The van der Waals surface area contributed by atoms with Crippen LogP contribution in [0.5, 0.6) is 5.75 Å². The second-order valence-electron chi connectivity index (χ2n) is 5.64. The van der Waals surface area contributed by atoms with E-state index < -0.39 is 0 Å². The van der Waals surface area contributed by atoms with Gasteiger partial charge < -0.3 is 9.64 Å². The zero-order valence-corrected chi connectivity index (χ0v) is 13.3. The van der Waals surface area contributed by atoms with E-state index in [-0.39, 0.29) is 12.5 Å². The van der Waals surface area contributed by atoms with E-state index in [2.05, 4.69) is 11.0 Å². The van der Waals surface area contributed by atoms with Gasteiger partial charge in [0.15, 0.2) is 6.61 Å². The van der Waals surface area contributed by atoms with Gasteiger partial charge in [-0.15, -0.1) is 0 Å². The number of nitrogens with zero attached hydrogens (tertiary/aromatic N) is 3. The van der Waals surface area contributed by atoms with Crippen LogP contribution in [0.2, 0.25) is 0 Å². The molecule has 0 spiro atoms. The van der Waals surface area contributed by atoms with Gasteiger partial charge in [-0.1, -0.05) is 18.2 Å². The molecule has 0 aromatic heterocycles. The number of nitriles is 1. The number of para-hydroxylation sites is 1. The molecule has 1 fully saturated rings. The van der Waals surface area contributed by atoms with Gasteiger partial charge >= 0.3 is 0 Å². The van der Waals surface area contributed by atoms with Crippen LogP contribution in [0.4, 0.5) is 0 Å². The molecule has 5 heteroatoms. The average Bonchev–Trinajstić information content (AvgIpc) is 2.52. The third-order valence-electron chi connectivity index (χ3n) is 4.01. The van der Waals surface area contributed by atoms with Gasteiger partial charge in [-0.3, -0.25) is 9.69 Å². The highest BCUT2D eigenvalue weighted by atomic mass is 16.5. The number of amides is 1. The molecule has 0 aliphatic carbocycles. The smallest absolute Gasteiger partial charge is 0.260 e. The maximum atomic E-state index is 12.2. The molecule has 1 aromatic carbocycles. The lowest BCUT2D eigenvalue weighted by Gasteiger charge is -2.34. The quantitative estimate of drug-likeness (QED) is 0.831. The van der Waals surface area contributed by atoms with Crippen molar-refractivity contribution in [2.45, 2.75) is 20.3 Å². The minimum Gasteiger partial charge on any atom is -0.483 e. The molecule has 1 aliphatic rings. The van der Waals surface area contributed by atoms with E-state index in [9.17, 15) is 4.79 Å². The monoisotopic (exact) mass is 301 g/mol. The van der Waals surface area contributed by atoms with Crippen molar-refractivity contribution >= 4 is 5.91 Å². The lowest BCUT2D eigenvalue weighted by Crippen LogP contribution is -2.50. The summed E-state index contributed by atoms with van der Waals surface area (Å²) in [5.74, 6) is 0.839. The molecule has 0 atom stereocenters. The molecule has 0 N–H and O–H groups in total. The third-order valence-corrected chi connectivity index (χ3v) is 4.01. The lowest BCUT2D eigenvalue weighted by atomic mass is 10.1. The van der Waals surface area contributed by atoms with Crippen molar-refractivity contribution < 1.29 is 9.53 Å². The van der Waals surface area contributed by atoms with E-state index in [0.29, 0.717) is 19.5 Å². The highest BCUT2D eigenvalue weighted by molar-refractivity contribution is 5.78. The standard InChI is InChI=1S/C17H23N3O2/c1-14-5-3-6-15(2)17(14)22-13-16(21)20-11-9-19(10-12-20)8-4-7-18/h3,5-6H,4,8-13H2,1-2H3. The molecule has 118 valence electrons. The Hall–Kier alpha value is -2.06. The van der Waals surface area contributed by atoms with Crippen molar-refractivity contribution in [2.24, 2.45) is 0 Å². The van der Waals surface area contributed by atoms with Crippen LogP contribution in [-0.2, 0) is 4.79 Å². The largest absolute Gasteiger partial charge is 0.483 e. The van der Waals surface area contributed by atoms with Gasteiger partial charge in [0.05, 0.1) is 6.07 Å². The van der Waals surface area contributed by atoms with E-state index in [1.165, 1.54) is 0 Å². The summed E-state index contributed by atoms with van der Waals surface area (Å²) in [6.45, 7) is 7.93. The molecule has 1 aromatic rings. The molecule has 0 unspecified atom stereocenters. The summed E-state index contributed by atoms with van der Waals surface area (Å²) in [6.07, 6.45) is 0.545. The van der Waals surface area contributed by atoms with Gasteiger partial charge in [0, 0.05) is 39.1 Å². The number of piperazine rings is 1. The molecule has 1 amide bonds. The Morgan fingerprint density at radius 3 is 2.45 bits per heavy atom. The lowest BCUT2D eigenvalue weighted by molar-refractivity contribution is -0.135. The summed E-state index contributed by atoms with van der Waals surface area (Å²) in [7, 11) is 0. The molecule has 1 heterocycles. The Bertz CT molecular complexity index is 537. The van der Waals surface area contributed by atoms with Crippen LogP contribution < -0.4 is 4.74 Å². The number of ether oxygens (including phenoxy) is 1. The molecule has 22 heavy (non-hydrogen) atoms. The second kappa shape index (κ2) is 7.81. The van der Waals surface area contributed by atoms with Crippen molar-refractivity contribution in [3.05, 3.63) is 29.3 Å². The van der Waals surface area contributed by atoms with E-state index in [0.717, 1.165) is 36.5 Å². The first-order valence-corrected chi connectivity index (χ1v) is 7.68. The number of carbonyl (C=O) groups is 1. The van der Waals surface area contributed by atoms with Crippen molar-refractivity contribution in [1.82, 2.24) is 9.80 Å². The molecular formula is C17H23N3O2. The SMILES string of the molecule is Cc1cccc(C)c1OCC(=O)N1CCN(CCC#N)CC1. The predicted molar refractivity (Wildman–Crippen MR) is 84.7 cm³/mol. The minimum atomic E-state index is 0.0302. The molecule has 0 bridgehead atoms. The number of hydrogen-bond acceptors (Lipinski definition) is 4. The maximum Gasteiger partial charge on any atom is 0.260 e. The first kappa shape index (κ1) is 16.3. The fourth-order valence-corrected chi connectivity index (χ4v) is 2.68. The Labute approximate surface area is 132 Å². The minimum absolute atomic E-state index is 0.0302. The van der Waals surface area contributed by atoms with E-state index >= 15 is 0 Å². The highest BCUT2D eigenvalue weighted by Crippen LogP contribution is 2.22. The van der Waals surface area contributed by atoms with Crippen molar-refractivity contribution in [3.8, 4) is 11.8 Å². The average molecular weight is 301 g/mol. The molecule has 5 nitrogen and oxygen atoms in total. The van der Waals surface area contributed by atoms with Crippen LogP contribution in [-0.4, -0.2) is 55.0 Å². The van der Waals surface area contributed by atoms with Crippen LogP contribution in [0.25, 0.3) is 0 Å². The van der Waals surface area contributed by atoms with E-state index in [1.54, 1.807) is 0 Å². The fourth-order valence-electron chi connectivity index (χ4n) is 2.68. The number of rotatable bonds is 5. The normalized spacial score (nSPS) is 15.4. The first-order valence-electron chi connectivity index (χ1n) is 7.68. The topological polar surface area (TPSA) is 56.6 Å². The van der Waals surface area contributed by atoms with Crippen molar-refractivity contribution in [3.63, 3.8) is 0 Å². The molecule has 1 aliphatic heterocycles. The van der Waals surface area contributed by atoms with Crippen molar-refractivity contribution in [2.75, 3.05) is 39.3 Å². The van der Waals surface area contributed by atoms with Crippen LogP contribution in [0.15, 0.2) is 18.2 Å². The first-order chi connectivity index (χ1) is 10.6. The van der Waals surface area contributed by atoms with Gasteiger partial charge in [0.25, 0.3) is 5.91 Å². The number of benzene rings is 1. The molecule has 0 radical (unpaired) electrons. The third kappa shape index (κ3) is 4.22. The molecule has 1 saturated heterocycles. The van der Waals surface area contributed by atoms with Crippen LogP contribution in [0.1, 0.15) is 17.5 Å². The van der Waals surface area contributed by atoms with Gasteiger partial charge in [-0.25, -0.2) is 0 Å².